The highest BCUT2D eigenvalue weighted by molar-refractivity contribution is 9.10. The molecule has 1 N–H and O–H groups in total. The summed E-state index contributed by atoms with van der Waals surface area (Å²) < 4.78 is 19.0. The van der Waals surface area contributed by atoms with E-state index >= 15 is 0 Å². The molecular formula is C11H15BrFNO. The van der Waals surface area contributed by atoms with Gasteiger partial charge in [-0.25, -0.2) is 4.39 Å². The molecule has 0 radical (unpaired) electrons. The van der Waals surface area contributed by atoms with Gasteiger partial charge in [-0.15, -0.1) is 0 Å². The molecule has 15 heavy (non-hydrogen) atoms. The molecule has 0 saturated heterocycles. The van der Waals surface area contributed by atoms with Crippen LogP contribution in [0.4, 0.5) is 4.39 Å². The third-order valence-corrected chi connectivity index (χ3v) is 2.56. The number of halogens is 2. The lowest BCUT2D eigenvalue weighted by molar-refractivity contribution is 0.199. The maximum Gasteiger partial charge on any atom is 0.127 e. The normalized spacial score (nSPS) is 10.6. The van der Waals surface area contributed by atoms with E-state index in [1.165, 1.54) is 6.07 Å². The molecule has 0 fully saturated rings. The van der Waals surface area contributed by atoms with Gasteiger partial charge in [-0.2, -0.15) is 0 Å². The molecule has 0 unspecified atom stereocenters. The number of benzene rings is 1. The largest absolute Gasteiger partial charge is 0.383 e. The van der Waals surface area contributed by atoms with Crippen molar-refractivity contribution in [2.45, 2.75) is 6.42 Å². The van der Waals surface area contributed by atoms with E-state index in [1.807, 2.05) is 6.07 Å². The van der Waals surface area contributed by atoms with Crippen molar-refractivity contribution in [2.75, 3.05) is 26.8 Å². The van der Waals surface area contributed by atoms with E-state index in [9.17, 15) is 4.39 Å². The molecule has 0 spiro atoms. The van der Waals surface area contributed by atoms with Gasteiger partial charge in [0.05, 0.1) is 6.61 Å². The molecule has 0 bridgehead atoms. The van der Waals surface area contributed by atoms with Crippen LogP contribution in [-0.2, 0) is 11.2 Å². The van der Waals surface area contributed by atoms with Crippen LogP contribution in [0.15, 0.2) is 22.7 Å². The van der Waals surface area contributed by atoms with Crippen molar-refractivity contribution in [3.63, 3.8) is 0 Å². The minimum Gasteiger partial charge on any atom is -0.383 e. The Morgan fingerprint density at radius 1 is 1.40 bits per heavy atom. The Kier molecular flexibility index (Phi) is 5.83. The number of hydrogen-bond donors (Lipinski definition) is 1. The maximum atomic E-state index is 13.3. The summed E-state index contributed by atoms with van der Waals surface area (Å²) in [5.41, 5.74) is 0.739. The quantitative estimate of drug-likeness (QED) is 0.805. The molecule has 0 aliphatic carbocycles. The van der Waals surface area contributed by atoms with Crippen molar-refractivity contribution < 1.29 is 9.13 Å². The standard InChI is InChI=1S/C11H15BrFNO/c1-15-7-6-14-5-4-9-2-3-10(12)8-11(9)13/h2-3,8,14H,4-7H2,1H3. The molecule has 84 valence electrons. The van der Waals surface area contributed by atoms with Gasteiger partial charge in [0.25, 0.3) is 0 Å². The fourth-order valence-corrected chi connectivity index (χ4v) is 1.58. The average molecular weight is 276 g/mol. The zero-order chi connectivity index (χ0) is 11.1. The molecule has 2 nitrogen and oxygen atoms in total. The summed E-state index contributed by atoms with van der Waals surface area (Å²) >= 11 is 3.23. The van der Waals surface area contributed by atoms with Crippen molar-refractivity contribution in [3.05, 3.63) is 34.1 Å². The lowest BCUT2D eigenvalue weighted by Gasteiger charge is -2.05. The molecule has 0 aliphatic heterocycles. The van der Waals surface area contributed by atoms with Crippen molar-refractivity contribution >= 4 is 15.9 Å². The molecule has 4 heteroatoms. The average Bonchev–Trinajstić information content (AvgIpc) is 2.20. The van der Waals surface area contributed by atoms with Crippen LogP contribution in [0.3, 0.4) is 0 Å². The summed E-state index contributed by atoms with van der Waals surface area (Å²) in [5.74, 6) is -0.155. The number of hydrogen-bond acceptors (Lipinski definition) is 2. The van der Waals surface area contributed by atoms with Crippen LogP contribution in [0.25, 0.3) is 0 Å². The Balaban J connectivity index is 2.31. The monoisotopic (exact) mass is 275 g/mol. The van der Waals surface area contributed by atoms with Crippen LogP contribution in [0.1, 0.15) is 5.56 Å². The van der Waals surface area contributed by atoms with Gasteiger partial charge >= 0.3 is 0 Å². The molecule has 0 amide bonds. The molecule has 0 atom stereocenters. The van der Waals surface area contributed by atoms with Crippen LogP contribution in [-0.4, -0.2) is 26.8 Å². The van der Waals surface area contributed by atoms with Crippen LogP contribution < -0.4 is 5.32 Å². The minimum absolute atomic E-state index is 0.155. The number of rotatable bonds is 6. The highest BCUT2D eigenvalue weighted by Gasteiger charge is 2.01. The summed E-state index contributed by atoms with van der Waals surface area (Å²) in [7, 11) is 1.66. The number of ether oxygens (including phenoxy) is 1. The first kappa shape index (κ1) is 12.6. The van der Waals surface area contributed by atoms with Gasteiger partial charge in [0.15, 0.2) is 0 Å². The number of nitrogens with one attached hydrogen (secondary N) is 1. The molecule has 1 aromatic rings. The smallest absolute Gasteiger partial charge is 0.127 e. The van der Waals surface area contributed by atoms with Crippen molar-refractivity contribution in [3.8, 4) is 0 Å². The Labute approximate surface area is 98.0 Å². The molecular weight excluding hydrogens is 261 g/mol. The third-order valence-electron chi connectivity index (χ3n) is 2.07. The fourth-order valence-electron chi connectivity index (χ4n) is 1.25. The molecule has 0 saturated carbocycles. The van der Waals surface area contributed by atoms with Gasteiger partial charge in [-0.05, 0) is 30.7 Å². The molecule has 1 aromatic carbocycles. The number of methoxy groups -OCH3 is 1. The zero-order valence-corrected chi connectivity index (χ0v) is 10.3. The van der Waals surface area contributed by atoms with E-state index in [0.717, 1.165) is 23.1 Å². The predicted molar refractivity (Wildman–Crippen MR) is 62.5 cm³/mol. The Morgan fingerprint density at radius 3 is 2.87 bits per heavy atom. The second-order valence-corrected chi connectivity index (χ2v) is 4.14. The second-order valence-electron chi connectivity index (χ2n) is 3.23. The summed E-state index contributed by atoms with van der Waals surface area (Å²) in [6, 6.07) is 5.15. The lowest BCUT2D eigenvalue weighted by Crippen LogP contribution is -2.21. The first-order chi connectivity index (χ1) is 7.24. The Morgan fingerprint density at radius 2 is 2.20 bits per heavy atom. The van der Waals surface area contributed by atoms with Gasteiger partial charge in [0, 0.05) is 18.1 Å². The SMILES string of the molecule is COCCNCCc1ccc(Br)cc1F. The minimum atomic E-state index is -0.155. The first-order valence-corrected chi connectivity index (χ1v) is 5.67. The van der Waals surface area contributed by atoms with Crippen molar-refractivity contribution in [1.29, 1.82) is 0 Å². The molecule has 0 heterocycles. The Hall–Kier alpha value is -0.450. The second kappa shape index (κ2) is 6.93. The molecule has 0 aliphatic rings. The van der Waals surface area contributed by atoms with Gasteiger partial charge < -0.3 is 10.1 Å². The van der Waals surface area contributed by atoms with Gasteiger partial charge in [0.1, 0.15) is 5.82 Å². The topological polar surface area (TPSA) is 21.3 Å². The van der Waals surface area contributed by atoms with Crippen LogP contribution >= 0.6 is 15.9 Å². The summed E-state index contributed by atoms with van der Waals surface area (Å²) in [6.07, 6.45) is 0.697. The molecule has 1 rings (SSSR count). The third kappa shape index (κ3) is 4.73. The lowest BCUT2D eigenvalue weighted by atomic mass is 10.1. The van der Waals surface area contributed by atoms with E-state index in [2.05, 4.69) is 21.2 Å². The summed E-state index contributed by atoms with van der Waals surface area (Å²) in [4.78, 5) is 0. The summed E-state index contributed by atoms with van der Waals surface area (Å²) in [6.45, 7) is 2.25. The van der Waals surface area contributed by atoms with Crippen LogP contribution in [0, 0.1) is 5.82 Å². The van der Waals surface area contributed by atoms with E-state index in [0.29, 0.717) is 13.0 Å². The Bertz CT molecular complexity index is 307. The van der Waals surface area contributed by atoms with Crippen molar-refractivity contribution in [1.82, 2.24) is 5.32 Å². The highest BCUT2D eigenvalue weighted by atomic mass is 79.9. The fraction of sp³-hybridized carbons (Fsp3) is 0.455. The van der Waals surface area contributed by atoms with E-state index in [4.69, 9.17) is 4.74 Å². The maximum absolute atomic E-state index is 13.3. The summed E-state index contributed by atoms with van der Waals surface area (Å²) in [5, 5.41) is 3.17. The van der Waals surface area contributed by atoms with Gasteiger partial charge in [-0.1, -0.05) is 22.0 Å². The van der Waals surface area contributed by atoms with E-state index in [-0.39, 0.29) is 5.82 Å². The predicted octanol–water partition coefficient (Wildman–Crippen LogP) is 2.37. The zero-order valence-electron chi connectivity index (χ0n) is 8.72. The van der Waals surface area contributed by atoms with E-state index < -0.39 is 0 Å². The highest BCUT2D eigenvalue weighted by Crippen LogP contribution is 2.15. The molecule has 0 aromatic heterocycles. The van der Waals surface area contributed by atoms with Crippen LogP contribution in [0.2, 0.25) is 0 Å². The van der Waals surface area contributed by atoms with Gasteiger partial charge in [0.2, 0.25) is 0 Å². The first-order valence-electron chi connectivity index (χ1n) is 4.87. The van der Waals surface area contributed by atoms with Crippen LogP contribution in [0.5, 0.6) is 0 Å². The van der Waals surface area contributed by atoms with E-state index in [1.54, 1.807) is 13.2 Å². The van der Waals surface area contributed by atoms with Crippen molar-refractivity contribution in [2.24, 2.45) is 0 Å². The van der Waals surface area contributed by atoms with Gasteiger partial charge in [-0.3, -0.25) is 0 Å².